The van der Waals surface area contributed by atoms with Gasteiger partial charge in [0.1, 0.15) is 11.5 Å². The number of hydrogen-bond donors (Lipinski definition) is 2. The molecule has 0 aliphatic heterocycles. The molecule has 0 unspecified atom stereocenters. The minimum absolute atomic E-state index is 0.700. The Bertz CT molecular complexity index is 794. The number of aromatic nitrogens is 1. The van der Waals surface area contributed by atoms with Crippen LogP contribution in [-0.4, -0.2) is 4.98 Å². The van der Waals surface area contributed by atoms with Crippen LogP contribution in [0.2, 0.25) is 5.02 Å². The molecule has 1 N–H and O–H groups in total. The molecule has 3 aromatic rings. The van der Waals surface area contributed by atoms with Crippen LogP contribution in [0, 0.1) is 0 Å². The Hall–Kier alpha value is -2.01. The van der Waals surface area contributed by atoms with Gasteiger partial charge in [-0.15, -0.1) is 12.6 Å². The maximum atomic E-state index is 5.90. The van der Waals surface area contributed by atoms with Crippen molar-refractivity contribution < 1.29 is 4.74 Å². The molecule has 5 heteroatoms. The number of halogens is 1. The summed E-state index contributed by atoms with van der Waals surface area (Å²) >= 11 is 10.4. The summed E-state index contributed by atoms with van der Waals surface area (Å²) in [6.07, 6.45) is 3.41. The van der Waals surface area contributed by atoms with E-state index in [0.29, 0.717) is 12.3 Å². The van der Waals surface area contributed by atoms with Gasteiger partial charge in [0.15, 0.2) is 0 Å². The number of ether oxygens (including phenoxy) is 1. The fourth-order valence-electron chi connectivity index (χ4n) is 2.25. The van der Waals surface area contributed by atoms with Crippen molar-refractivity contribution >= 4 is 24.2 Å². The lowest BCUT2D eigenvalue weighted by Gasteiger charge is -2.11. The van der Waals surface area contributed by atoms with Gasteiger partial charge in [-0.1, -0.05) is 23.7 Å². The summed E-state index contributed by atoms with van der Waals surface area (Å²) in [5, 5.41) is 4.16. The molecular formula is C19H17ClN2OS. The van der Waals surface area contributed by atoms with Crippen LogP contribution in [0.15, 0.2) is 71.9 Å². The first-order chi connectivity index (χ1) is 11.7. The van der Waals surface area contributed by atoms with Crippen LogP contribution >= 0.6 is 24.2 Å². The second-order valence-corrected chi connectivity index (χ2v) is 6.23. The molecule has 0 aliphatic rings. The van der Waals surface area contributed by atoms with Crippen LogP contribution in [0.3, 0.4) is 0 Å². The Kier molecular flexibility index (Phi) is 5.75. The highest BCUT2D eigenvalue weighted by molar-refractivity contribution is 7.80. The zero-order valence-electron chi connectivity index (χ0n) is 12.9. The van der Waals surface area contributed by atoms with Gasteiger partial charge in [0.2, 0.25) is 0 Å². The molecule has 0 saturated heterocycles. The standard InChI is InChI=1S/C19H17ClN2OS/c20-16-5-3-14(4-6-16)11-22-12-15-10-17(7-8-19(15)24)23-18-2-1-9-21-13-18/h1-10,13,22,24H,11-12H2. The van der Waals surface area contributed by atoms with Gasteiger partial charge in [-0.3, -0.25) is 4.98 Å². The van der Waals surface area contributed by atoms with Crippen LogP contribution in [0.5, 0.6) is 11.5 Å². The molecule has 0 amide bonds. The lowest BCUT2D eigenvalue weighted by molar-refractivity contribution is 0.478. The molecule has 0 spiro atoms. The maximum Gasteiger partial charge on any atom is 0.145 e. The van der Waals surface area contributed by atoms with Gasteiger partial charge in [0.05, 0.1) is 6.20 Å². The predicted molar refractivity (Wildman–Crippen MR) is 100 cm³/mol. The average molecular weight is 357 g/mol. The molecule has 0 radical (unpaired) electrons. The Balaban J connectivity index is 1.62. The van der Waals surface area contributed by atoms with Gasteiger partial charge < -0.3 is 10.1 Å². The third-order valence-electron chi connectivity index (χ3n) is 3.48. The second-order valence-electron chi connectivity index (χ2n) is 5.31. The Morgan fingerprint density at radius 1 is 1.00 bits per heavy atom. The van der Waals surface area contributed by atoms with Crippen molar-refractivity contribution in [2.75, 3.05) is 0 Å². The summed E-state index contributed by atoms with van der Waals surface area (Å²) in [6.45, 7) is 1.46. The van der Waals surface area contributed by atoms with Crippen molar-refractivity contribution in [3.63, 3.8) is 0 Å². The lowest BCUT2D eigenvalue weighted by Crippen LogP contribution is -2.13. The molecule has 0 fully saturated rings. The normalized spacial score (nSPS) is 10.6. The van der Waals surface area contributed by atoms with Gasteiger partial charge in [0, 0.05) is 29.2 Å². The van der Waals surface area contributed by atoms with E-state index >= 15 is 0 Å². The van der Waals surface area contributed by atoms with E-state index in [-0.39, 0.29) is 0 Å². The third-order valence-corrected chi connectivity index (χ3v) is 4.17. The monoisotopic (exact) mass is 356 g/mol. The van der Waals surface area contributed by atoms with E-state index in [4.69, 9.17) is 16.3 Å². The first kappa shape index (κ1) is 16.8. The van der Waals surface area contributed by atoms with Crippen LogP contribution < -0.4 is 10.1 Å². The molecule has 0 bridgehead atoms. The molecule has 2 aromatic carbocycles. The van der Waals surface area contributed by atoms with Gasteiger partial charge in [0.25, 0.3) is 0 Å². The van der Waals surface area contributed by atoms with Crippen molar-refractivity contribution in [3.05, 3.63) is 83.1 Å². The van der Waals surface area contributed by atoms with Crippen molar-refractivity contribution in [1.29, 1.82) is 0 Å². The van der Waals surface area contributed by atoms with E-state index < -0.39 is 0 Å². The summed E-state index contributed by atoms with van der Waals surface area (Å²) in [6, 6.07) is 17.4. The minimum atomic E-state index is 0.700. The van der Waals surface area contributed by atoms with Crippen LogP contribution in [0.25, 0.3) is 0 Å². The average Bonchev–Trinajstić information content (AvgIpc) is 2.60. The maximum absolute atomic E-state index is 5.90. The van der Waals surface area contributed by atoms with Gasteiger partial charge >= 0.3 is 0 Å². The zero-order chi connectivity index (χ0) is 16.8. The molecule has 0 aliphatic carbocycles. The van der Waals surface area contributed by atoms with Crippen molar-refractivity contribution in [3.8, 4) is 11.5 Å². The van der Waals surface area contributed by atoms with Crippen LogP contribution in [0.1, 0.15) is 11.1 Å². The first-order valence-corrected chi connectivity index (χ1v) is 8.38. The number of benzene rings is 2. The van der Waals surface area contributed by atoms with Crippen molar-refractivity contribution in [2.45, 2.75) is 18.0 Å². The fourth-order valence-corrected chi connectivity index (χ4v) is 2.60. The number of pyridine rings is 1. The molecular weight excluding hydrogens is 340 g/mol. The Morgan fingerprint density at radius 3 is 2.58 bits per heavy atom. The summed E-state index contributed by atoms with van der Waals surface area (Å²) in [4.78, 5) is 4.98. The van der Waals surface area contributed by atoms with E-state index in [9.17, 15) is 0 Å². The number of thiol groups is 1. The molecule has 24 heavy (non-hydrogen) atoms. The highest BCUT2D eigenvalue weighted by Gasteiger charge is 2.04. The number of hydrogen-bond acceptors (Lipinski definition) is 4. The SMILES string of the molecule is Sc1ccc(Oc2cccnc2)cc1CNCc1ccc(Cl)cc1. The summed E-state index contributed by atoms with van der Waals surface area (Å²) in [5.74, 6) is 1.48. The number of nitrogens with one attached hydrogen (secondary N) is 1. The predicted octanol–water partition coefficient (Wildman–Crippen LogP) is 5.11. The van der Waals surface area contributed by atoms with E-state index in [1.807, 2.05) is 54.6 Å². The minimum Gasteiger partial charge on any atom is -0.456 e. The van der Waals surface area contributed by atoms with Gasteiger partial charge in [-0.25, -0.2) is 0 Å². The van der Waals surface area contributed by atoms with Crippen molar-refractivity contribution in [1.82, 2.24) is 10.3 Å². The topological polar surface area (TPSA) is 34.1 Å². The van der Waals surface area contributed by atoms with E-state index in [0.717, 1.165) is 27.8 Å². The second kappa shape index (κ2) is 8.20. The number of rotatable bonds is 6. The first-order valence-electron chi connectivity index (χ1n) is 7.55. The molecule has 3 nitrogen and oxygen atoms in total. The van der Waals surface area contributed by atoms with E-state index in [1.54, 1.807) is 12.4 Å². The molecule has 122 valence electrons. The fraction of sp³-hybridized carbons (Fsp3) is 0.105. The summed E-state index contributed by atoms with van der Waals surface area (Å²) < 4.78 is 5.81. The largest absolute Gasteiger partial charge is 0.456 e. The Morgan fingerprint density at radius 2 is 1.83 bits per heavy atom. The van der Waals surface area contributed by atoms with Crippen LogP contribution in [-0.2, 0) is 13.1 Å². The summed E-state index contributed by atoms with van der Waals surface area (Å²) in [7, 11) is 0. The molecule has 0 atom stereocenters. The zero-order valence-corrected chi connectivity index (χ0v) is 14.6. The van der Waals surface area contributed by atoms with Crippen molar-refractivity contribution in [2.24, 2.45) is 0 Å². The highest BCUT2D eigenvalue weighted by atomic mass is 35.5. The smallest absolute Gasteiger partial charge is 0.145 e. The molecule has 1 heterocycles. The lowest BCUT2D eigenvalue weighted by atomic mass is 10.2. The number of nitrogens with zero attached hydrogens (tertiary/aromatic N) is 1. The quantitative estimate of drug-likeness (QED) is 0.602. The molecule has 0 saturated carbocycles. The molecule has 3 rings (SSSR count). The third kappa shape index (κ3) is 4.74. The highest BCUT2D eigenvalue weighted by Crippen LogP contribution is 2.25. The summed E-state index contributed by atoms with van der Waals surface area (Å²) in [5.41, 5.74) is 2.26. The molecule has 1 aromatic heterocycles. The van der Waals surface area contributed by atoms with Gasteiger partial charge in [-0.2, -0.15) is 0 Å². The van der Waals surface area contributed by atoms with E-state index in [1.165, 1.54) is 5.56 Å². The van der Waals surface area contributed by atoms with E-state index in [2.05, 4.69) is 22.9 Å². The van der Waals surface area contributed by atoms with Gasteiger partial charge in [-0.05, 0) is 53.6 Å². The van der Waals surface area contributed by atoms with Crippen LogP contribution in [0.4, 0.5) is 0 Å². The Labute approximate surface area is 152 Å².